The van der Waals surface area contributed by atoms with Crippen LogP contribution in [0.1, 0.15) is 212 Å². The summed E-state index contributed by atoms with van der Waals surface area (Å²) >= 11 is 0. The summed E-state index contributed by atoms with van der Waals surface area (Å²) < 4.78 is 5.33. The maximum Gasteiger partial charge on any atom is 0.339 e. The lowest BCUT2D eigenvalue weighted by molar-refractivity contribution is 0.0486. The number of carbonyl (C=O) groups excluding carboxylic acids is 1. The Bertz CT molecular complexity index is 903. The summed E-state index contributed by atoms with van der Waals surface area (Å²) in [4.78, 5) is 35.2. The van der Waals surface area contributed by atoms with Gasteiger partial charge in [0.15, 0.2) is 0 Å². The molecule has 0 spiro atoms. The van der Waals surface area contributed by atoms with E-state index in [-0.39, 0.29) is 23.3 Å². The summed E-state index contributed by atoms with van der Waals surface area (Å²) in [6.45, 7) is 7.12. The number of carboxylic acids is 2. The van der Waals surface area contributed by atoms with Gasteiger partial charge in [0.2, 0.25) is 0 Å². The highest BCUT2D eigenvalue weighted by atomic mass is 16.5. The minimum absolute atomic E-state index is 0.114. The zero-order chi connectivity index (χ0) is 33.2. The van der Waals surface area contributed by atoms with Crippen molar-refractivity contribution in [3.63, 3.8) is 0 Å². The lowest BCUT2D eigenvalue weighted by Gasteiger charge is -2.35. The van der Waals surface area contributed by atoms with Gasteiger partial charge in [-0.25, -0.2) is 14.4 Å². The van der Waals surface area contributed by atoms with Crippen molar-refractivity contribution in [1.29, 1.82) is 0 Å². The van der Waals surface area contributed by atoms with Gasteiger partial charge in [-0.1, -0.05) is 149 Å². The molecule has 0 aliphatic carbocycles. The highest BCUT2D eigenvalue weighted by Crippen LogP contribution is 2.42. The van der Waals surface area contributed by atoms with E-state index in [1.165, 1.54) is 153 Å². The van der Waals surface area contributed by atoms with E-state index in [2.05, 4.69) is 20.8 Å². The molecule has 0 saturated heterocycles. The van der Waals surface area contributed by atoms with E-state index in [0.717, 1.165) is 25.3 Å². The number of rotatable bonds is 30. The fraction of sp³-hybridized carbons (Fsp3) is 0.769. The average molecular weight is 631 g/mol. The van der Waals surface area contributed by atoms with Gasteiger partial charge >= 0.3 is 17.9 Å². The highest BCUT2D eigenvalue weighted by molar-refractivity contribution is 6.04. The van der Waals surface area contributed by atoms with Crippen LogP contribution in [-0.4, -0.2) is 34.7 Å². The SMILES string of the molecule is CCCCCCCC(CCCCCCC)(CCCCCCC)CCCCCCCCOC(=O)c1ccc(C(=O)O)cc1C(=O)O. The van der Waals surface area contributed by atoms with Crippen LogP contribution in [0.2, 0.25) is 0 Å². The van der Waals surface area contributed by atoms with Crippen LogP contribution in [0.3, 0.4) is 0 Å². The molecule has 0 aromatic heterocycles. The van der Waals surface area contributed by atoms with Crippen molar-refractivity contribution in [2.45, 2.75) is 181 Å². The van der Waals surface area contributed by atoms with Crippen LogP contribution in [0.15, 0.2) is 18.2 Å². The van der Waals surface area contributed by atoms with Gasteiger partial charge in [-0.05, 0) is 55.7 Å². The molecule has 0 heterocycles. The van der Waals surface area contributed by atoms with E-state index in [1.54, 1.807) is 0 Å². The first-order chi connectivity index (χ1) is 21.8. The fourth-order valence-corrected chi connectivity index (χ4v) is 6.64. The summed E-state index contributed by atoms with van der Waals surface area (Å²) in [5.74, 6) is -3.31. The van der Waals surface area contributed by atoms with E-state index in [4.69, 9.17) is 9.84 Å². The number of carboxylic acid groups (broad SMARTS) is 2. The standard InChI is InChI=1S/C39H66O6/c1-4-7-10-15-20-27-39(28-21-16-11-8-5-2,29-22-17-12-9-6-3)30-23-18-13-14-19-24-31-45-38(44)34-26-25-33(36(40)41)32-35(34)37(42)43/h25-26,32H,4-24,27-31H2,1-3H3,(H,40,41)(H,42,43). The van der Waals surface area contributed by atoms with Crippen molar-refractivity contribution in [1.82, 2.24) is 0 Å². The molecule has 0 bridgehead atoms. The summed E-state index contributed by atoms with van der Waals surface area (Å²) in [6, 6.07) is 3.45. The molecule has 45 heavy (non-hydrogen) atoms. The molecule has 2 N–H and O–H groups in total. The first kappa shape index (κ1) is 40.7. The molecule has 0 amide bonds. The maximum atomic E-state index is 12.5. The van der Waals surface area contributed by atoms with Crippen LogP contribution in [0, 0.1) is 5.41 Å². The van der Waals surface area contributed by atoms with Gasteiger partial charge < -0.3 is 14.9 Å². The van der Waals surface area contributed by atoms with Gasteiger partial charge in [0.1, 0.15) is 0 Å². The predicted octanol–water partition coefficient (Wildman–Crippen LogP) is 12.0. The number of carbonyl (C=O) groups is 3. The Kier molecular flexibility index (Phi) is 23.3. The van der Waals surface area contributed by atoms with Crippen molar-refractivity contribution in [3.8, 4) is 0 Å². The average Bonchev–Trinajstić information content (AvgIpc) is 3.03. The lowest BCUT2D eigenvalue weighted by atomic mass is 9.70. The quantitative estimate of drug-likeness (QED) is 0.0648. The molecular weight excluding hydrogens is 564 g/mol. The molecule has 0 fully saturated rings. The molecular formula is C39H66O6. The van der Waals surface area contributed by atoms with Gasteiger partial charge in [-0.2, -0.15) is 0 Å². The van der Waals surface area contributed by atoms with Crippen LogP contribution in [-0.2, 0) is 4.74 Å². The topological polar surface area (TPSA) is 101 Å². The number of esters is 1. The predicted molar refractivity (Wildman–Crippen MR) is 186 cm³/mol. The van der Waals surface area contributed by atoms with Gasteiger partial charge in [0.25, 0.3) is 0 Å². The Morgan fingerprint density at radius 3 is 1.33 bits per heavy atom. The molecule has 0 saturated carbocycles. The maximum absolute atomic E-state index is 12.5. The monoisotopic (exact) mass is 630 g/mol. The Morgan fingerprint density at radius 1 is 0.533 bits per heavy atom. The van der Waals surface area contributed by atoms with Crippen molar-refractivity contribution in [3.05, 3.63) is 34.9 Å². The van der Waals surface area contributed by atoms with E-state index in [9.17, 15) is 19.5 Å². The second-order valence-corrected chi connectivity index (χ2v) is 13.4. The molecule has 0 unspecified atom stereocenters. The first-order valence-electron chi connectivity index (χ1n) is 18.6. The summed E-state index contributed by atoms with van der Waals surface area (Å²) in [5, 5.41) is 18.5. The van der Waals surface area contributed by atoms with E-state index in [0.29, 0.717) is 5.41 Å². The molecule has 6 nitrogen and oxygen atoms in total. The van der Waals surface area contributed by atoms with Crippen LogP contribution >= 0.6 is 0 Å². The lowest BCUT2D eigenvalue weighted by Crippen LogP contribution is -2.21. The molecule has 0 radical (unpaired) electrons. The van der Waals surface area contributed by atoms with Crippen molar-refractivity contribution < 1.29 is 29.3 Å². The second kappa shape index (κ2) is 25.8. The normalized spacial score (nSPS) is 11.5. The second-order valence-electron chi connectivity index (χ2n) is 13.4. The van der Waals surface area contributed by atoms with Gasteiger partial charge in [-0.3, -0.25) is 0 Å². The van der Waals surface area contributed by atoms with Gasteiger partial charge in [0.05, 0.1) is 23.3 Å². The summed E-state index contributed by atoms with van der Waals surface area (Å²) in [5.41, 5.74) is -0.112. The van der Waals surface area contributed by atoms with Crippen LogP contribution in [0.5, 0.6) is 0 Å². The Morgan fingerprint density at radius 2 is 0.933 bits per heavy atom. The number of hydrogen-bond acceptors (Lipinski definition) is 4. The zero-order valence-electron chi connectivity index (χ0n) is 29.1. The summed E-state index contributed by atoms with van der Waals surface area (Å²) in [7, 11) is 0. The zero-order valence-corrected chi connectivity index (χ0v) is 29.1. The van der Waals surface area contributed by atoms with E-state index < -0.39 is 17.9 Å². The molecule has 1 aromatic rings. The molecule has 1 aromatic carbocycles. The Labute approximate surface area is 275 Å². The smallest absolute Gasteiger partial charge is 0.339 e. The van der Waals surface area contributed by atoms with Gasteiger partial charge in [-0.15, -0.1) is 0 Å². The van der Waals surface area contributed by atoms with Crippen molar-refractivity contribution in [2.24, 2.45) is 5.41 Å². The van der Waals surface area contributed by atoms with E-state index in [1.807, 2.05) is 0 Å². The van der Waals surface area contributed by atoms with Crippen molar-refractivity contribution >= 4 is 17.9 Å². The van der Waals surface area contributed by atoms with E-state index >= 15 is 0 Å². The Hall–Kier alpha value is -2.37. The molecule has 1 rings (SSSR count). The molecule has 0 atom stereocenters. The number of unbranched alkanes of at least 4 members (excludes halogenated alkanes) is 17. The number of ether oxygens (including phenoxy) is 1. The van der Waals surface area contributed by atoms with Gasteiger partial charge in [0, 0.05) is 0 Å². The molecule has 258 valence electrons. The molecule has 0 aliphatic heterocycles. The number of hydrogen-bond donors (Lipinski definition) is 2. The van der Waals surface area contributed by atoms with Crippen molar-refractivity contribution in [2.75, 3.05) is 6.61 Å². The number of benzene rings is 1. The number of aromatic carboxylic acids is 2. The third kappa shape index (κ3) is 18.4. The Balaban J connectivity index is 2.54. The minimum atomic E-state index is -1.35. The highest BCUT2D eigenvalue weighted by Gasteiger charge is 2.28. The largest absolute Gasteiger partial charge is 0.478 e. The summed E-state index contributed by atoms with van der Waals surface area (Å²) in [6.07, 6.45) is 32.6. The molecule has 0 aliphatic rings. The van der Waals surface area contributed by atoms with Crippen LogP contribution in [0.25, 0.3) is 0 Å². The third-order valence-corrected chi connectivity index (χ3v) is 9.48. The minimum Gasteiger partial charge on any atom is -0.478 e. The van der Waals surface area contributed by atoms with Crippen LogP contribution < -0.4 is 0 Å². The fourth-order valence-electron chi connectivity index (χ4n) is 6.64. The molecule has 6 heteroatoms. The third-order valence-electron chi connectivity index (χ3n) is 9.48. The first-order valence-corrected chi connectivity index (χ1v) is 18.6. The van der Waals surface area contributed by atoms with Crippen LogP contribution in [0.4, 0.5) is 0 Å².